The summed E-state index contributed by atoms with van der Waals surface area (Å²) >= 11 is 0. The summed E-state index contributed by atoms with van der Waals surface area (Å²) in [5.74, 6) is -0.503. The van der Waals surface area contributed by atoms with E-state index in [2.05, 4.69) is 86.8 Å². The highest BCUT2D eigenvalue weighted by Crippen LogP contribution is 2.18. The van der Waals surface area contributed by atoms with Crippen molar-refractivity contribution in [3.05, 3.63) is 60.8 Å². The van der Waals surface area contributed by atoms with Crippen LogP contribution in [0, 0.1) is 0 Å². The van der Waals surface area contributed by atoms with Crippen LogP contribution in [0.4, 0.5) is 0 Å². The van der Waals surface area contributed by atoms with Gasteiger partial charge in [-0.3, -0.25) is 9.59 Å². The van der Waals surface area contributed by atoms with Gasteiger partial charge in [0.05, 0.1) is 25.2 Å². The molecule has 0 aliphatic rings. The number of carbonyl (C=O) groups excluding carboxylic acids is 2. The number of hydrogen-bond acceptors (Lipinski definition) is 5. The van der Waals surface area contributed by atoms with E-state index in [1.54, 1.807) is 0 Å². The van der Waals surface area contributed by atoms with Crippen LogP contribution >= 0.6 is 0 Å². The maximum atomic E-state index is 13.3. The number of hydrogen-bond donors (Lipinski definition) is 3. The number of amides is 1. The van der Waals surface area contributed by atoms with E-state index >= 15 is 0 Å². The van der Waals surface area contributed by atoms with Crippen LogP contribution in [0.2, 0.25) is 0 Å². The molecule has 0 bridgehead atoms. The first kappa shape index (κ1) is 63.6. The number of unbranched alkanes of at least 4 members (excludes halogenated alkanes) is 30. The number of ether oxygens (including phenoxy) is 1. The van der Waals surface area contributed by atoms with Gasteiger partial charge < -0.3 is 20.3 Å². The Morgan fingerprint density at radius 2 is 0.818 bits per heavy atom. The van der Waals surface area contributed by atoms with Gasteiger partial charge in [0, 0.05) is 6.42 Å². The molecule has 66 heavy (non-hydrogen) atoms. The molecule has 0 radical (unpaired) electrons. The summed E-state index contributed by atoms with van der Waals surface area (Å²) in [4.78, 5) is 26.2. The van der Waals surface area contributed by atoms with Gasteiger partial charge >= 0.3 is 5.97 Å². The largest absolute Gasteiger partial charge is 0.462 e. The zero-order valence-electron chi connectivity index (χ0n) is 43.8. The molecule has 3 atom stereocenters. The molecule has 0 saturated heterocycles. The molecule has 3 unspecified atom stereocenters. The van der Waals surface area contributed by atoms with Gasteiger partial charge in [-0.1, -0.05) is 242 Å². The van der Waals surface area contributed by atoms with Gasteiger partial charge in [-0.15, -0.1) is 0 Å². The van der Waals surface area contributed by atoms with Crippen LogP contribution in [-0.4, -0.2) is 46.9 Å². The summed E-state index contributed by atoms with van der Waals surface area (Å²) in [6.07, 6.45) is 67.1. The molecular formula is C60H109NO5. The third kappa shape index (κ3) is 48.0. The average molecular weight is 925 g/mol. The fraction of sp³-hybridized carbons (Fsp3) is 0.800. The Bertz CT molecular complexity index is 1170. The summed E-state index contributed by atoms with van der Waals surface area (Å²) < 4.78 is 5.94. The molecule has 0 spiro atoms. The number of esters is 1. The first-order valence-corrected chi connectivity index (χ1v) is 28.5. The van der Waals surface area contributed by atoms with Crippen molar-refractivity contribution in [3.8, 4) is 0 Å². The highest BCUT2D eigenvalue weighted by molar-refractivity contribution is 5.77. The van der Waals surface area contributed by atoms with Gasteiger partial charge in [0.2, 0.25) is 5.91 Å². The second-order valence-electron chi connectivity index (χ2n) is 19.4. The van der Waals surface area contributed by atoms with Crippen molar-refractivity contribution in [1.29, 1.82) is 0 Å². The lowest BCUT2D eigenvalue weighted by atomic mass is 10.0. The smallest absolute Gasteiger partial charge is 0.306 e. The van der Waals surface area contributed by atoms with Crippen molar-refractivity contribution in [2.45, 2.75) is 302 Å². The van der Waals surface area contributed by atoms with E-state index in [1.165, 1.54) is 141 Å². The van der Waals surface area contributed by atoms with Gasteiger partial charge in [-0.05, 0) is 89.9 Å². The van der Waals surface area contributed by atoms with E-state index < -0.39 is 18.2 Å². The van der Waals surface area contributed by atoms with Crippen LogP contribution in [0.1, 0.15) is 284 Å². The first-order chi connectivity index (χ1) is 32.5. The maximum absolute atomic E-state index is 13.3. The predicted octanol–water partition coefficient (Wildman–Crippen LogP) is 17.6. The van der Waals surface area contributed by atoms with Gasteiger partial charge in [0.25, 0.3) is 0 Å². The summed E-state index contributed by atoms with van der Waals surface area (Å²) in [6, 6.07) is -0.713. The summed E-state index contributed by atoms with van der Waals surface area (Å²) in [6.45, 7) is 6.44. The number of aliphatic hydroxyl groups excluding tert-OH is 2. The Hall–Kier alpha value is -2.44. The van der Waals surface area contributed by atoms with Crippen molar-refractivity contribution >= 4 is 11.9 Å². The highest BCUT2D eigenvalue weighted by Gasteiger charge is 2.24. The van der Waals surface area contributed by atoms with Crippen molar-refractivity contribution in [2.75, 3.05) is 6.61 Å². The Morgan fingerprint density at radius 1 is 0.455 bits per heavy atom. The van der Waals surface area contributed by atoms with Crippen molar-refractivity contribution in [3.63, 3.8) is 0 Å². The molecular weight excluding hydrogens is 815 g/mol. The number of carbonyl (C=O) groups is 2. The molecule has 0 aromatic rings. The Balaban J connectivity index is 4.56. The molecule has 0 aliphatic heterocycles. The SMILES string of the molecule is CCCCC/C=C\C/C=C\C/C=C\CCCCCCCCC(=O)OC(CCCCCC/C=C/C=C/CCCCC)CC(=O)NC(CO)C(O)CCCCCCCCCCCCCCCCC. The standard InChI is InChI=1S/C60H109NO5/c1-4-7-10-13-16-19-22-25-27-28-29-30-32-35-38-41-44-47-50-53-60(65)66-56(51-48-45-42-39-36-33-24-21-18-15-12-9-6-3)54-59(64)61-57(55-62)58(63)52-49-46-43-40-37-34-31-26-23-20-17-14-11-8-5-2/h16,18-19,21,24-25,27,29-30,33,56-58,62-63H,4-15,17,20,22-23,26,28,31-32,34-55H2,1-3H3,(H,61,64)/b19-16-,21-18+,27-25-,30-29-,33-24+. The molecule has 0 fully saturated rings. The van der Waals surface area contributed by atoms with E-state index in [0.717, 1.165) is 96.3 Å². The Labute approximate surface area is 409 Å². The van der Waals surface area contributed by atoms with Gasteiger partial charge in [-0.25, -0.2) is 0 Å². The molecule has 0 aliphatic carbocycles. The molecule has 384 valence electrons. The molecule has 0 rings (SSSR count). The lowest BCUT2D eigenvalue weighted by molar-refractivity contribution is -0.151. The fourth-order valence-corrected chi connectivity index (χ4v) is 8.49. The van der Waals surface area contributed by atoms with Crippen LogP contribution in [0.5, 0.6) is 0 Å². The number of aliphatic hydroxyl groups is 2. The van der Waals surface area contributed by atoms with Crippen LogP contribution in [0.3, 0.4) is 0 Å². The van der Waals surface area contributed by atoms with E-state index in [4.69, 9.17) is 4.74 Å². The maximum Gasteiger partial charge on any atom is 0.306 e. The number of allylic oxidation sites excluding steroid dienone is 10. The molecule has 0 aromatic carbocycles. The zero-order chi connectivity index (χ0) is 48.1. The van der Waals surface area contributed by atoms with E-state index in [1.807, 2.05) is 0 Å². The quantitative estimate of drug-likeness (QED) is 0.0244. The Kier molecular flexibility index (Phi) is 51.5. The Morgan fingerprint density at radius 3 is 1.29 bits per heavy atom. The van der Waals surface area contributed by atoms with Crippen LogP contribution < -0.4 is 5.32 Å². The molecule has 6 nitrogen and oxygen atoms in total. The normalized spacial score (nSPS) is 13.6. The van der Waals surface area contributed by atoms with Crippen molar-refractivity contribution in [1.82, 2.24) is 5.32 Å². The molecule has 1 amide bonds. The van der Waals surface area contributed by atoms with Gasteiger partial charge in [0.15, 0.2) is 0 Å². The van der Waals surface area contributed by atoms with Crippen LogP contribution in [0.15, 0.2) is 60.8 Å². The zero-order valence-corrected chi connectivity index (χ0v) is 43.8. The monoisotopic (exact) mass is 924 g/mol. The minimum atomic E-state index is -0.797. The van der Waals surface area contributed by atoms with Crippen LogP contribution in [0.25, 0.3) is 0 Å². The second-order valence-corrected chi connectivity index (χ2v) is 19.4. The molecule has 3 N–H and O–H groups in total. The first-order valence-electron chi connectivity index (χ1n) is 28.5. The molecule has 0 heterocycles. The summed E-state index contributed by atoms with van der Waals surface area (Å²) in [7, 11) is 0. The molecule has 6 heteroatoms. The fourth-order valence-electron chi connectivity index (χ4n) is 8.49. The third-order valence-corrected chi connectivity index (χ3v) is 12.8. The second kappa shape index (κ2) is 53.5. The lowest BCUT2D eigenvalue weighted by Gasteiger charge is -2.24. The lowest BCUT2D eigenvalue weighted by Crippen LogP contribution is -2.46. The van der Waals surface area contributed by atoms with E-state index in [0.29, 0.717) is 19.3 Å². The minimum Gasteiger partial charge on any atom is -0.462 e. The van der Waals surface area contributed by atoms with Crippen molar-refractivity contribution < 1.29 is 24.5 Å². The average Bonchev–Trinajstić information content (AvgIpc) is 3.31. The summed E-state index contributed by atoms with van der Waals surface area (Å²) in [5, 5.41) is 23.9. The summed E-state index contributed by atoms with van der Waals surface area (Å²) in [5.41, 5.74) is 0. The topological polar surface area (TPSA) is 95.9 Å². The van der Waals surface area contributed by atoms with E-state index in [-0.39, 0.29) is 24.9 Å². The minimum absolute atomic E-state index is 0.0581. The number of nitrogens with one attached hydrogen (secondary N) is 1. The molecule has 0 saturated carbocycles. The van der Waals surface area contributed by atoms with E-state index in [9.17, 15) is 19.8 Å². The van der Waals surface area contributed by atoms with Gasteiger partial charge in [0.1, 0.15) is 6.10 Å². The van der Waals surface area contributed by atoms with Crippen molar-refractivity contribution in [2.24, 2.45) is 0 Å². The molecule has 0 aromatic heterocycles. The number of rotatable bonds is 51. The van der Waals surface area contributed by atoms with Gasteiger partial charge in [-0.2, -0.15) is 0 Å². The van der Waals surface area contributed by atoms with Crippen LogP contribution in [-0.2, 0) is 14.3 Å². The predicted molar refractivity (Wildman–Crippen MR) is 287 cm³/mol. The third-order valence-electron chi connectivity index (χ3n) is 12.8. The highest BCUT2D eigenvalue weighted by atomic mass is 16.5.